The molecule has 0 fully saturated rings. The summed E-state index contributed by atoms with van der Waals surface area (Å²) in [7, 11) is 5.62. The number of aromatic nitrogens is 1. The first-order chi connectivity index (χ1) is 13.0. The maximum absolute atomic E-state index is 12.5. The third kappa shape index (κ3) is 4.46. The summed E-state index contributed by atoms with van der Waals surface area (Å²) >= 11 is 1.53. The second-order valence-electron chi connectivity index (χ2n) is 6.39. The summed E-state index contributed by atoms with van der Waals surface area (Å²) < 4.78 is 5.42. The standard InChI is InChI=1S/C21H23N3O2S/c1-14-19(27-21(22-14)17-7-5-6-8-18(17)26-4)13-20(25)23-15-9-11-16(12-10-15)24(2)3/h5-12H,13H2,1-4H3,(H,23,25). The molecule has 5 nitrogen and oxygen atoms in total. The van der Waals surface area contributed by atoms with Crippen molar-refractivity contribution in [1.82, 2.24) is 4.98 Å². The van der Waals surface area contributed by atoms with Crippen molar-refractivity contribution in [1.29, 1.82) is 0 Å². The number of aryl methyl sites for hydroxylation is 1. The van der Waals surface area contributed by atoms with Gasteiger partial charge >= 0.3 is 0 Å². The monoisotopic (exact) mass is 381 g/mol. The van der Waals surface area contributed by atoms with Gasteiger partial charge in [-0.3, -0.25) is 4.79 Å². The van der Waals surface area contributed by atoms with E-state index in [-0.39, 0.29) is 5.91 Å². The highest BCUT2D eigenvalue weighted by Crippen LogP contribution is 2.34. The highest BCUT2D eigenvalue weighted by molar-refractivity contribution is 7.15. The third-order valence-electron chi connectivity index (χ3n) is 4.22. The molecule has 0 aliphatic rings. The molecule has 2 aromatic carbocycles. The average Bonchev–Trinajstić information content (AvgIpc) is 3.02. The quantitative estimate of drug-likeness (QED) is 0.689. The molecular formula is C21H23N3O2S. The summed E-state index contributed by atoms with van der Waals surface area (Å²) in [5.41, 5.74) is 3.70. The van der Waals surface area contributed by atoms with Crippen LogP contribution in [0.15, 0.2) is 48.5 Å². The van der Waals surface area contributed by atoms with Gasteiger partial charge in [0.2, 0.25) is 5.91 Å². The van der Waals surface area contributed by atoms with Crippen molar-refractivity contribution in [2.24, 2.45) is 0 Å². The highest BCUT2D eigenvalue weighted by atomic mass is 32.1. The Hall–Kier alpha value is -2.86. The first-order valence-electron chi connectivity index (χ1n) is 8.65. The molecule has 3 aromatic rings. The van der Waals surface area contributed by atoms with Gasteiger partial charge < -0.3 is 15.0 Å². The second-order valence-corrected chi connectivity index (χ2v) is 7.48. The minimum absolute atomic E-state index is 0.0501. The molecule has 0 saturated heterocycles. The number of amides is 1. The molecule has 1 heterocycles. The molecular weight excluding hydrogens is 358 g/mol. The number of benzene rings is 2. The predicted octanol–water partition coefficient (Wildman–Crippen LogP) is 4.37. The van der Waals surface area contributed by atoms with Crippen LogP contribution in [0, 0.1) is 6.92 Å². The van der Waals surface area contributed by atoms with E-state index >= 15 is 0 Å². The Bertz CT molecular complexity index is 933. The van der Waals surface area contributed by atoms with Crippen LogP contribution in [0.4, 0.5) is 11.4 Å². The molecule has 0 unspecified atom stereocenters. The molecule has 0 bridgehead atoms. The van der Waals surface area contributed by atoms with E-state index in [9.17, 15) is 4.79 Å². The molecule has 140 valence electrons. The number of methoxy groups -OCH3 is 1. The molecule has 0 radical (unpaired) electrons. The fourth-order valence-corrected chi connectivity index (χ4v) is 3.81. The predicted molar refractivity (Wildman–Crippen MR) is 112 cm³/mol. The molecule has 0 spiro atoms. The Morgan fingerprint density at radius 2 is 1.85 bits per heavy atom. The second kappa shape index (κ2) is 8.22. The Kier molecular flexibility index (Phi) is 5.76. The minimum atomic E-state index is -0.0501. The fourth-order valence-electron chi connectivity index (χ4n) is 2.72. The molecule has 1 N–H and O–H groups in total. The summed E-state index contributed by atoms with van der Waals surface area (Å²) in [6.07, 6.45) is 0.300. The van der Waals surface area contributed by atoms with Gasteiger partial charge in [-0.1, -0.05) is 12.1 Å². The van der Waals surface area contributed by atoms with E-state index in [0.717, 1.165) is 38.3 Å². The Morgan fingerprint density at radius 3 is 2.52 bits per heavy atom. The van der Waals surface area contributed by atoms with Gasteiger partial charge in [0, 0.05) is 30.3 Å². The van der Waals surface area contributed by atoms with E-state index in [1.54, 1.807) is 7.11 Å². The largest absolute Gasteiger partial charge is 0.496 e. The summed E-state index contributed by atoms with van der Waals surface area (Å²) in [6, 6.07) is 15.6. The minimum Gasteiger partial charge on any atom is -0.496 e. The van der Waals surface area contributed by atoms with E-state index in [0.29, 0.717) is 6.42 Å². The molecule has 0 aliphatic heterocycles. The van der Waals surface area contributed by atoms with E-state index in [1.807, 2.05) is 74.4 Å². The zero-order chi connectivity index (χ0) is 19.4. The average molecular weight is 382 g/mol. The number of rotatable bonds is 6. The zero-order valence-corrected chi connectivity index (χ0v) is 16.8. The smallest absolute Gasteiger partial charge is 0.229 e. The van der Waals surface area contributed by atoms with Crippen molar-refractivity contribution in [3.05, 3.63) is 59.1 Å². The molecule has 1 aromatic heterocycles. The molecule has 6 heteroatoms. The number of anilines is 2. The number of nitrogens with zero attached hydrogens (tertiary/aromatic N) is 2. The van der Waals surface area contributed by atoms with Crippen molar-refractivity contribution in [3.63, 3.8) is 0 Å². The molecule has 0 aliphatic carbocycles. The first-order valence-corrected chi connectivity index (χ1v) is 9.46. The van der Waals surface area contributed by atoms with Crippen molar-refractivity contribution < 1.29 is 9.53 Å². The van der Waals surface area contributed by atoms with Crippen LogP contribution in [-0.2, 0) is 11.2 Å². The third-order valence-corrected chi connectivity index (χ3v) is 5.41. The fraction of sp³-hybridized carbons (Fsp3) is 0.238. The lowest BCUT2D eigenvalue weighted by Crippen LogP contribution is -2.14. The number of thiazole rings is 1. The van der Waals surface area contributed by atoms with Gasteiger partial charge in [-0.2, -0.15) is 0 Å². The Balaban J connectivity index is 1.72. The lowest BCUT2D eigenvalue weighted by atomic mass is 10.2. The molecule has 27 heavy (non-hydrogen) atoms. The van der Waals surface area contributed by atoms with Crippen LogP contribution < -0.4 is 15.0 Å². The first kappa shape index (κ1) is 18.9. The Labute approximate surface area is 163 Å². The SMILES string of the molecule is COc1ccccc1-c1nc(C)c(CC(=O)Nc2ccc(N(C)C)cc2)s1. The van der Waals surface area contributed by atoms with Crippen LogP contribution in [0.5, 0.6) is 5.75 Å². The number of carbonyl (C=O) groups is 1. The maximum atomic E-state index is 12.5. The van der Waals surface area contributed by atoms with E-state index in [2.05, 4.69) is 10.3 Å². The molecule has 0 atom stereocenters. The number of ether oxygens (including phenoxy) is 1. The topological polar surface area (TPSA) is 54.5 Å². The van der Waals surface area contributed by atoms with Gasteiger partial charge in [0.25, 0.3) is 0 Å². The zero-order valence-electron chi connectivity index (χ0n) is 15.9. The number of hydrogen-bond donors (Lipinski definition) is 1. The number of hydrogen-bond acceptors (Lipinski definition) is 5. The Morgan fingerprint density at radius 1 is 1.15 bits per heavy atom. The summed E-state index contributed by atoms with van der Waals surface area (Å²) in [5.74, 6) is 0.731. The van der Waals surface area contributed by atoms with Crippen LogP contribution in [0.3, 0.4) is 0 Å². The molecule has 3 rings (SSSR count). The number of nitrogens with one attached hydrogen (secondary N) is 1. The highest BCUT2D eigenvalue weighted by Gasteiger charge is 2.15. The van der Waals surface area contributed by atoms with E-state index < -0.39 is 0 Å². The summed E-state index contributed by atoms with van der Waals surface area (Å²) in [4.78, 5) is 20.1. The molecule has 0 saturated carbocycles. The van der Waals surface area contributed by atoms with Crippen LogP contribution in [0.25, 0.3) is 10.6 Å². The van der Waals surface area contributed by atoms with Gasteiger partial charge in [0.15, 0.2) is 0 Å². The van der Waals surface area contributed by atoms with E-state index in [4.69, 9.17) is 4.74 Å². The van der Waals surface area contributed by atoms with Crippen molar-refractivity contribution in [2.75, 3.05) is 31.4 Å². The maximum Gasteiger partial charge on any atom is 0.229 e. The van der Waals surface area contributed by atoms with Crippen molar-refractivity contribution in [2.45, 2.75) is 13.3 Å². The van der Waals surface area contributed by atoms with Gasteiger partial charge in [0.05, 0.1) is 24.8 Å². The van der Waals surface area contributed by atoms with E-state index in [1.165, 1.54) is 11.3 Å². The van der Waals surface area contributed by atoms with Crippen molar-refractivity contribution >= 4 is 28.6 Å². The lowest BCUT2D eigenvalue weighted by molar-refractivity contribution is -0.115. The van der Waals surface area contributed by atoms with Gasteiger partial charge in [-0.05, 0) is 43.3 Å². The van der Waals surface area contributed by atoms with Gasteiger partial charge in [0.1, 0.15) is 10.8 Å². The van der Waals surface area contributed by atoms with Crippen LogP contribution in [0.2, 0.25) is 0 Å². The summed E-state index contributed by atoms with van der Waals surface area (Å²) in [6.45, 7) is 1.93. The van der Waals surface area contributed by atoms with Crippen LogP contribution >= 0.6 is 11.3 Å². The lowest BCUT2D eigenvalue weighted by Gasteiger charge is -2.13. The number of para-hydroxylation sites is 1. The normalized spacial score (nSPS) is 10.5. The number of carbonyl (C=O) groups excluding carboxylic acids is 1. The van der Waals surface area contributed by atoms with Crippen LogP contribution in [-0.4, -0.2) is 32.1 Å². The summed E-state index contributed by atoms with van der Waals surface area (Å²) in [5, 5.41) is 3.82. The van der Waals surface area contributed by atoms with Crippen molar-refractivity contribution in [3.8, 4) is 16.3 Å². The van der Waals surface area contributed by atoms with Gasteiger partial charge in [-0.15, -0.1) is 11.3 Å². The molecule has 1 amide bonds. The van der Waals surface area contributed by atoms with Gasteiger partial charge in [-0.25, -0.2) is 4.98 Å². The van der Waals surface area contributed by atoms with Crippen LogP contribution in [0.1, 0.15) is 10.6 Å².